The molecule has 0 bridgehead atoms. The van der Waals surface area contributed by atoms with Crippen molar-refractivity contribution in [3.63, 3.8) is 0 Å². The summed E-state index contributed by atoms with van der Waals surface area (Å²) in [6.45, 7) is 7.83. The summed E-state index contributed by atoms with van der Waals surface area (Å²) in [6.07, 6.45) is 3.44. The number of furan rings is 1. The lowest BCUT2D eigenvalue weighted by Crippen LogP contribution is -2.32. The minimum atomic E-state index is -0.0930. The number of benzene rings is 2. The molecule has 1 N–H and O–H groups in total. The van der Waals surface area contributed by atoms with Crippen molar-refractivity contribution in [3.05, 3.63) is 111 Å². The summed E-state index contributed by atoms with van der Waals surface area (Å²) in [6, 6.07) is 20.2. The molecule has 1 unspecified atom stereocenters. The van der Waals surface area contributed by atoms with E-state index in [1.54, 1.807) is 10.9 Å². The van der Waals surface area contributed by atoms with E-state index in [2.05, 4.69) is 63.5 Å². The fourth-order valence-electron chi connectivity index (χ4n) is 5.02. The zero-order valence-electron chi connectivity index (χ0n) is 21.5. The molecule has 0 saturated carbocycles. The average Bonchev–Trinajstić information content (AvgIpc) is 3.56. The Morgan fingerprint density at radius 3 is 2.65 bits per heavy atom. The normalized spacial score (nSPS) is 12.4. The molecule has 0 amide bonds. The molecule has 2 aromatic carbocycles. The van der Waals surface area contributed by atoms with Crippen molar-refractivity contribution in [2.75, 3.05) is 0 Å². The first-order valence-electron chi connectivity index (χ1n) is 12.7. The Morgan fingerprint density at radius 2 is 1.89 bits per heavy atom. The molecule has 0 fully saturated rings. The lowest BCUT2D eigenvalue weighted by atomic mass is 10.0. The number of aryl methyl sites for hydroxylation is 2. The van der Waals surface area contributed by atoms with Crippen LogP contribution >= 0.6 is 0 Å². The van der Waals surface area contributed by atoms with Gasteiger partial charge in [0.2, 0.25) is 0 Å². The molecule has 190 valence electrons. The Balaban J connectivity index is 1.55. The van der Waals surface area contributed by atoms with Crippen LogP contribution in [-0.4, -0.2) is 30.1 Å². The molecule has 8 nitrogen and oxygen atoms in total. The minimum Gasteiger partial charge on any atom is -0.467 e. The van der Waals surface area contributed by atoms with Crippen LogP contribution in [0.3, 0.4) is 0 Å². The fraction of sp³-hybridized carbons (Fsp3) is 0.310. The van der Waals surface area contributed by atoms with Crippen molar-refractivity contribution in [2.24, 2.45) is 0 Å². The third-order valence-electron chi connectivity index (χ3n) is 6.72. The van der Waals surface area contributed by atoms with Crippen LogP contribution in [0.5, 0.6) is 0 Å². The molecule has 5 rings (SSSR count). The first-order chi connectivity index (χ1) is 18.0. The Hall–Kier alpha value is -4.04. The monoisotopic (exact) mass is 496 g/mol. The SMILES string of the molecule is CCCC(c1nnnn1Cc1ccco1)N(Cc1ccccc1)Cc1cc2cc(C)cc(C)c2[nH]c1=O. The second kappa shape index (κ2) is 10.9. The standard InChI is InChI=1S/C29H32N6O2/c1-4-9-26(28-31-32-33-35(28)19-25-12-8-13-37-25)34(17-22-10-6-5-7-11-22)18-24-16-23-15-20(2)14-21(3)27(23)30-29(24)36/h5-8,10-16,26H,4,9,17-19H2,1-3H3,(H,30,36). The van der Waals surface area contributed by atoms with E-state index in [4.69, 9.17) is 4.42 Å². The number of H-pyrrole nitrogens is 1. The Labute approximate surface area is 215 Å². The van der Waals surface area contributed by atoms with Gasteiger partial charge in [-0.3, -0.25) is 9.69 Å². The quantitative estimate of drug-likeness (QED) is 0.281. The van der Waals surface area contributed by atoms with Gasteiger partial charge in [-0.1, -0.05) is 55.3 Å². The number of fused-ring (bicyclic) bond motifs is 1. The van der Waals surface area contributed by atoms with E-state index in [1.165, 1.54) is 5.56 Å². The van der Waals surface area contributed by atoms with Crippen LogP contribution in [-0.2, 0) is 19.6 Å². The van der Waals surface area contributed by atoms with Gasteiger partial charge in [0.15, 0.2) is 5.82 Å². The van der Waals surface area contributed by atoms with Crippen LogP contribution in [0.25, 0.3) is 10.9 Å². The van der Waals surface area contributed by atoms with Gasteiger partial charge >= 0.3 is 0 Å². The molecule has 0 spiro atoms. The number of tetrazole rings is 1. The van der Waals surface area contributed by atoms with Gasteiger partial charge in [-0.15, -0.1) is 5.10 Å². The lowest BCUT2D eigenvalue weighted by molar-refractivity contribution is 0.155. The van der Waals surface area contributed by atoms with Crippen molar-refractivity contribution in [1.82, 2.24) is 30.1 Å². The van der Waals surface area contributed by atoms with Crippen LogP contribution in [0.1, 0.15) is 59.6 Å². The van der Waals surface area contributed by atoms with E-state index >= 15 is 0 Å². The molecule has 3 heterocycles. The number of rotatable bonds is 10. The largest absolute Gasteiger partial charge is 0.467 e. The van der Waals surface area contributed by atoms with Gasteiger partial charge in [0.25, 0.3) is 5.56 Å². The molecule has 0 aliphatic rings. The number of nitrogens with one attached hydrogen (secondary N) is 1. The van der Waals surface area contributed by atoms with E-state index in [1.807, 2.05) is 43.3 Å². The maximum Gasteiger partial charge on any atom is 0.252 e. The average molecular weight is 497 g/mol. The fourth-order valence-corrected chi connectivity index (χ4v) is 5.02. The second-order valence-corrected chi connectivity index (χ2v) is 9.64. The van der Waals surface area contributed by atoms with Gasteiger partial charge in [-0.05, 0) is 71.5 Å². The van der Waals surface area contributed by atoms with Crippen molar-refractivity contribution in [2.45, 2.75) is 59.3 Å². The molecular weight excluding hydrogens is 464 g/mol. The van der Waals surface area contributed by atoms with Crippen molar-refractivity contribution in [1.29, 1.82) is 0 Å². The minimum absolute atomic E-state index is 0.0667. The van der Waals surface area contributed by atoms with Crippen molar-refractivity contribution in [3.8, 4) is 0 Å². The van der Waals surface area contributed by atoms with Crippen LogP contribution in [0.2, 0.25) is 0 Å². The molecular formula is C29H32N6O2. The zero-order valence-corrected chi connectivity index (χ0v) is 21.5. The highest BCUT2D eigenvalue weighted by molar-refractivity contribution is 5.82. The Bertz CT molecular complexity index is 1520. The van der Waals surface area contributed by atoms with Gasteiger partial charge in [0.1, 0.15) is 12.3 Å². The van der Waals surface area contributed by atoms with E-state index in [9.17, 15) is 4.79 Å². The summed E-state index contributed by atoms with van der Waals surface area (Å²) in [5.41, 5.74) is 4.95. The lowest BCUT2D eigenvalue weighted by Gasteiger charge is -2.31. The highest BCUT2D eigenvalue weighted by atomic mass is 16.3. The van der Waals surface area contributed by atoms with Gasteiger partial charge in [-0.2, -0.15) is 0 Å². The summed E-state index contributed by atoms with van der Waals surface area (Å²) in [5.74, 6) is 1.55. The van der Waals surface area contributed by atoms with Gasteiger partial charge in [0, 0.05) is 18.7 Å². The number of aromatic amines is 1. The molecule has 1 atom stereocenters. The number of nitrogens with zero attached hydrogens (tertiary/aromatic N) is 5. The van der Waals surface area contributed by atoms with Crippen molar-refractivity contribution >= 4 is 10.9 Å². The number of hydrogen-bond donors (Lipinski definition) is 1. The van der Waals surface area contributed by atoms with Crippen LogP contribution < -0.4 is 5.56 Å². The molecule has 8 heteroatoms. The van der Waals surface area contributed by atoms with E-state index in [0.29, 0.717) is 19.6 Å². The maximum atomic E-state index is 13.3. The first-order valence-corrected chi connectivity index (χ1v) is 12.7. The second-order valence-electron chi connectivity index (χ2n) is 9.64. The van der Waals surface area contributed by atoms with E-state index in [0.717, 1.165) is 52.0 Å². The number of aromatic nitrogens is 5. The topological polar surface area (TPSA) is 92.8 Å². The molecule has 37 heavy (non-hydrogen) atoms. The maximum absolute atomic E-state index is 13.3. The summed E-state index contributed by atoms with van der Waals surface area (Å²) in [5, 5.41) is 13.8. The molecule has 0 aliphatic carbocycles. The Morgan fingerprint density at radius 1 is 1.05 bits per heavy atom. The Kier molecular flexibility index (Phi) is 7.28. The molecule has 0 radical (unpaired) electrons. The molecule has 3 aromatic heterocycles. The van der Waals surface area contributed by atoms with Crippen molar-refractivity contribution < 1.29 is 4.42 Å². The summed E-state index contributed by atoms with van der Waals surface area (Å²) in [4.78, 5) is 18.7. The highest BCUT2D eigenvalue weighted by Crippen LogP contribution is 2.28. The summed E-state index contributed by atoms with van der Waals surface area (Å²) in [7, 11) is 0. The smallest absolute Gasteiger partial charge is 0.252 e. The highest BCUT2D eigenvalue weighted by Gasteiger charge is 2.27. The first kappa shape index (κ1) is 24.6. The van der Waals surface area contributed by atoms with E-state index < -0.39 is 0 Å². The van der Waals surface area contributed by atoms with Gasteiger partial charge in [0.05, 0.1) is 17.8 Å². The third-order valence-corrected chi connectivity index (χ3v) is 6.72. The van der Waals surface area contributed by atoms with E-state index in [-0.39, 0.29) is 11.6 Å². The van der Waals surface area contributed by atoms with Crippen LogP contribution in [0, 0.1) is 13.8 Å². The van der Waals surface area contributed by atoms with Crippen LogP contribution in [0.4, 0.5) is 0 Å². The number of pyridine rings is 1. The van der Waals surface area contributed by atoms with Gasteiger partial charge in [-0.25, -0.2) is 4.68 Å². The summed E-state index contributed by atoms with van der Waals surface area (Å²) < 4.78 is 7.35. The summed E-state index contributed by atoms with van der Waals surface area (Å²) >= 11 is 0. The van der Waals surface area contributed by atoms with Gasteiger partial charge < -0.3 is 9.40 Å². The molecule has 5 aromatic rings. The molecule has 0 aliphatic heterocycles. The predicted molar refractivity (Wildman–Crippen MR) is 143 cm³/mol. The zero-order chi connectivity index (χ0) is 25.8. The number of hydrogen-bond acceptors (Lipinski definition) is 6. The van der Waals surface area contributed by atoms with Crippen LogP contribution in [0.15, 0.2) is 76.1 Å². The predicted octanol–water partition coefficient (Wildman–Crippen LogP) is 5.32. The third kappa shape index (κ3) is 5.54. The molecule has 0 saturated heterocycles.